The lowest BCUT2D eigenvalue weighted by atomic mass is 10.2. The number of hydrogen-bond donors (Lipinski definition) is 1. The third-order valence-corrected chi connectivity index (χ3v) is 3.46. The number of nitrogen functional groups attached to an aromatic ring is 1. The molecule has 0 spiro atoms. The van der Waals surface area contributed by atoms with E-state index < -0.39 is 0 Å². The second-order valence-electron chi connectivity index (χ2n) is 5.00. The monoisotopic (exact) mass is 269 g/mol. The van der Waals surface area contributed by atoms with Crippen molar-refractivity contribution in [1.29, 1.82) is 0 Å². The van der Waals surface area contributed by atoms with Crippen LogP contribution in [0.1, 0.15) is 32.5 Å². The van der Waals surface area contributed by atoms with Crippen LogP contribution in [0.5, 0.6) is 0 Å². The summed E-state index contributed by atoms with van der Waals surface area (Å²) in [5, 5.41) is 0. The SMILES string of the molecule is CCCc1nc2c(N)nc3cccnc3c2n1CCC. The molecule has 3 heterocycles. The van der Waals surface area contributed by atoms with E-state index in [0.29, 0.717) is 5.82 Å². The fourth-order valence-electron chi connectivity index (χ4n) is 2.65. The number of rotatable bonds is 4. The molecule has 3 rings (SSSR count). The Labute approximate surface area is 117 Å². The molecule has 0 atom stereocenters. The van der Waals surface area contributed by atoms with Crippen molar-refractivity contribution in [3.8, 4) is 0 Å². The Hall–Kier alpha value is -2.17. The van der Waals surface area contributed by atoms with Crippen molar-refractivity contribution in [2.75, 3.05) is 5.73 Å². The first-order valence-electron chi connectivity index (χ1n) is 7.15. The van der Waals surface area contributed by atoms with E-state index in [4.69, 9.17) is 10.7 Å². The van der Waals surface area contributed by atoms with Gasteiger partial charge in [-0.15, -0.1) is 0 Å². The minimum absolute atomic E-state index is 0.493. The van der Waals surface area contributed by atoms with Gasteiger partial charge in [-0.25, -0.2) is 9.97 Å². The van der Waals surface area contributed by atoms with Crippen molar-refractivity contribution < 1.29 is 0 Å². The standard InChI is InChI=1S/C15H19N5/c1-3-6-11-19-13-14(20(11)9-4-2)12-10(18-15(13)16)7-5-8-17-12/h5,7-8H,3-4,6,9H2,1-2H3,(H2,16,18). The first-order chi connectivity index (χ1) is 9.76. The zero-order valence-corrected chi connectivity index (χ0v) is 11.9. The van der Waals surface area contributed by atoms with E-state index in [2.05, 4.69) is 28.4 Å². The van der Waals surface area contributed by atoms with E-state index in [-0.39, 0.29) is 0 Å². The quantitative estimate of drug-likeness (QED) is 0.790. The van der Waals surface area contributed by atoms with E-state index in [9.17, 15) is 0 Å². The molecule has 0 saturated carbocycles. The summed E-state index contributed by atoms with van der Waals surface area (Å²) in [6.45, 7) is 5.26. The fourth-order valence-corrected chi connectivity index (χ4v) is 2.65. The Balaban J connectivity index is 2.42. The molecule has 2 N–H and O–H groups in total. The minimum atomic E-state index is 0.493. The maximum atomic E-state index is 6.08. The number of nitrogens with two attached hydrogens (primary N) is 1. The summed E-state index contributed by atoms with van der Waals surface area (Å²) in [6, 6.07) is 3.83. The van der Waals surface area contributed by atoms with E-state index in [1.807, 2.05) is 12.1 Å². The highest BCUT2D eigenvalue weighted by Crippen LogP contribution is 2.27. The van der Waals surface area contributed by atoms with Crippen LogP contribution in [0.2, 0.25) is 0 Å². The summed E-state index contributed by atoms with van der Waals surface area (Å²) in [5.41, 5.74) is 9.61. The number of imidazole rings is 1. The molecule has 0 aliphatic carbocycles. The summed E-state index contributed by atoms with van der Waals surface area (Å²) in [6.07, 6.45) is 4.86. The average molecular weight is 269 g/mol. The number of aromatic nitrogens is 4. The number of pyridine rings is 2. The first-order valence-corrected chi connectivity index (χ1v) is 7.15. The van der Waals surface area contributed by atoms with Gasteiger partial charge in [0.1, 0.15) is 22.4 Å². The number of aryl methyl sites for hydroxylation is 2. The van der Waals surface area contributed by atoms with Crippen molar-refractivity contribution in [3.63, 3.8) is 0 Å². The lowest BCUT2D eigenvalue weighted by Gasteiger charge is -2.08. The van der Waals surface area contributed by atoms with E-state index in [0.717, 1.165) is 53.7 Å². The van der Waals surface area contributed by atoms with Gasteiger partial charge in [-0.05, 0) is 25.0 Å². The largest absolute Gasteiger partial charge is 0.382 e. The normalized spacial score (nSPS) is 11.5. The molecule has 104 valence electrons. The van der Waals surface area contributed by atoms with Crippen LogP contribution in [0.3, 0.4) is 0 Å². The van der Waals surface area contributed by atoms with Crippen molar-refractivity contribution >= 4 is 27.9 Å². The number of fused-ring (bicyclic) bond motifs is 3. The Morgan fingerprint density at radius 3 is 2.75 bits per heavy atom. The highest BCUT2D eigenvalue weighted by atomic mass is 15.1. The van der Waals surface area contributed by atoms with Gasteiger partial charge in [0.15, 0.2) is 5.82 Å². The smallest absolute Gasteiger partial charge is 0.152 e. The van der Waals surface area contributed by atoms with Gasteiger partial charge in [0.05, 0.1) is 5.52 Å². The summed E-state index contributed by atoms with van der Waals surface area (Å²) in [7, 11) is 0. The van der Waals surface area contributed by atoms with Gasteiger partial charge in [-0.2, -0.15) is 0 Å². The Morgan fingerprint density at radius 2 is 2.00 bits per heavy atom. The van der Waals surface area contributed by atoms with Crippen LogP contribution < -0.4 is 5.73 Å². The second kappa shape index (κ2) is 5.07. The van der Waals surface area contributed by atoms with E-state index >= 15 is 0 Å². The van der Waals surface area contributed by atoms with Crippen LogP contribution in [-0.2, 0) is 13.0 Å². The lowest BCUT2D eigenvalue weighted by molar-refractivity contribution is 0.647. The molecule has 0 radical (unpaired) electrons. The molecule has 0 saturated heterocycles. The van der Waals surface area contributed by atoms with Crippen molar-refractivity contribution in [2.45, 2.75) is 39.7 Å². The Morgan fingerprint density at radius 1 is 1.15 bits per heavy atom. The topological polar surface area (TPSA) is 69.6 Å². The summed E-state index contributed by atoms with van der Waals surface area (Å²) in [5.74, 6) is 1.57. The summed E-state index contributed by atoms with van der Waals surface area (Å²) in [4.78, 5) is 13.6. The van der Waals surface area contributed by atoms with Crippen LogP contribution in [0, 0.1) is 0 Å². The molecule has 0 unspecified atom stereocenters. The van der Waals surface area contributed by atoms with Gasteiger partial charge in [0.25, 0.3) is 0 Å². The highest BCUT2D eigenvalue weighted by Gasteiger charge is 2.16. The van der Waals surface area contributed by atoms with E-state index in [1.54, 1.807) is 6.20 Å². The molecule has 0 amide bonds. The molecule has 0 bridgehead atoms. The predicted octanol–water partition coefficient (Wildman–Crippen LogP) is 2.92. The van der Waals surface area contributed by atoms with Crippen LogP contribution in [-0.4, -0.2) is 19.5 Å². The van der Waals surface area contributed by atoms with E-state index in [1.165, 1.54) is 0 Å². The Kier molecular flexibility index (Phi) is 3.26. The van der Waals surface area contributed by atoms with Crippen LogP contribution in [0.4, 0.5) is 5.82 Å². The Bertz CT molecular complexity index is 760. The number of anilines is 1. The fraction of sp³-hybridized carbons (Fsp3) is 0.400. The molecule has 3 aromatic rings. The van der Waals surface area contributed by atoms with Crippen LogP contribution in [0.15, 0.2) is 18.3 Å². The molecule has 5 heteroatoms. The van der Waals surface area contributed by atoms with Crippen molar-refractivity contribution in [3.05, 3.63) is 24.2 Å². The predicted molar refractivity (Wildman–Crippen MR) is 81.5 cm³/mol. The van der Waals surface area contributed by atoms with Crippen molar-refractivity contribution in [1.82, 2.24) is 19.5 Å². The third-order valence-electron chi connectivity index (χ3n) is 3.46. The first kappa shape index (κ1) is 12.8. The molecule has 0 fully saturated rings. The zero-order valence-electron chi connectivity index (χ0n) is 11.9. The second-order valence-corrected chi connectivity index (χ2v) is 5.00. The summed E-state index contributed by atoms with van der Waals surface area (Å²) < 4.78 is 2.26. The van der Waals surface area contributed by atoms with Gasteiger partial charge in [0, 0.05) is 19.2 Å². The third kappa shape index (κ3) is 1.90. The lowest BCUT2D eigenvalue weighted by Crippen LogP contribution is -2.04. The molecule has 20 heavy (non-hydrogen) atoms. The maximum Gasteiger partial charge on any atom is 0.152 e. The molecule has 0 aliphatic rings. The molecular formula is C15H19N5. The minimum Gasteiger partial charge on any atom is -0.382 e. The van der Waals surface area contributed by atoms with Gasteiger partial charge >= 0.3 is 0 Å². The zero-order chi connectivity index (χ0) is 14.1. The van der Waals surface area contributed by atoms with Gasteiger partial charge in [0.2, 0.25) is 0 Å². The van der Waals surface area contributed by atoms with Gasteiger partial charge in [-0.3, -0.25) is 4.98 Å². The van der Waals surface area contributed by atoms with Crippen molar-refractivity contribution in [2.24, 2.45) is 0 Å². The number of nitrogens with zero attached hydrogens (tertiary/aromatic N) is 4. The molecule has 0 aromatic carbocycles. The average Bonchev–Trinajstić information content (AvgIpc) is 2.80. The maximum absolute atomic E-state index is 6.08. The van der Waals surface area contributed by atoms with Gasteiger partial charge < -0.3 is 10.3 Å². The molecular weight excluding hydrogens is 250 g/mol. The number of hydrogen-bond acceptors (Lipinski definition) is 4. The molecule has 3 aromatic heterocycles. The van der Waals surface area contributed by atoms with Crippen LogP contribution >= 0.6 is 0 Å². The van der Waals surface area contributed by atoms with Crippen LogP contribution in [0.25, 0.3) is 22.1 Å². The summed E-state index contributed by atoms with van der Waals surface area (Å²) >= 11 is 0. The molecule has 0 aliphatic heterocycles. The van der Waals surface area contributed by atoms with Gasteiger partial charge in [-0.1, -0.05) is 13.8 Å². The molecule has 5 nitrogen and oxygen atoms in total. The highest BCUT2D eigenvalue weighted by molar-refractivity contribution is 6.04.